The third-order valence-electron chi connectivity index (χ3n) is 2.76. The molecule has 0 aromatic carbocycles. The maximum Gasteiger partial charge on any atom is 0.245 e. The zero-order valence-corrected chi connectivity index (χ0v) is 15.6. The van der Waals surface area contributed by atoms with Crippen LogP contribution in [-0.4, -0.2) is 60.3 Å². The number of halogens is 1. The van der Waals surface area contributed by atoms with Gasteiger partial charge in [0.1, 0.15) is 4.90 Å². The second kappa shape index (κ2) is 9.19. The molecular weight excluding hydrogens is 380 g/mol. The third-order valence-corrected chi connectivity index (χ3v) is 6.92. The molecule has 0 bridgehead atoms. The number of methoxy groups -OCH3 is 2. The van der Waals surface area contributed by atoms with E-state index in [4.69, 9.17) is 9.47 Å². The summed E-state index contributed by atoms with van der Waals surface area (Å²) < 4.78 is 37.5. The number of hydrogen-bond acceptors (Lipinski definition) is 6. The van der Waals surface area contributed by atoms with Crippen molar-refractivity contribution >= 4 is 37.3 Å². The summed E-state index contributed by atoms with van der Waals surface area (Å²) in [5, 5.41) is 3.01. The Bertz CT molecular complexity index is 525. The first-order valence-electron chi connectivity index (χ1n) is 6.38. The van der Waals surface area contributed by atoms with Crippen molar-refractivity contribution in [3.8, 4) is 0 Å². The van der Waals surface area contributed by atoms with Crippen molar-refractivity contribution < 1.29 is 17.9 Å². The average molecular weight is 401 g/mol. The predicted octanol–water partition coefficient (Wildman–Crippen LogP) is 1.51. The summed E-state index contributed by atoms with van der Waals surface area (Å²) in [4.78, 5) is 1.26. The Balaban J connectivity index is 3.03. The van der Waals surface area contributed by atoms with Crippen LogP contribution in [0.25, 0.3) is 0 Å². The van der Waals surface area contributed by atoms with Crippen LogP contribution in [0.1, 0.15) is 4.88 Å². The standard InChI is InChI=1S/C12H21BrN2O4S2/c1-14-9-10-8-11(12(13)20-10)21(16,17)15(4-6-18-2)5-7-19-3/h8,14H,4-7,9H2,1-3H3. The van der Waals surface area contributed by atoms with E-state index in [-0.39, 0.29) is 0 Å². The lowest BCUT2D eigenvalue weighted by Gasteiger charge is -2.21. The van der Waals surface area contributed by atoms with Gasteiger partial charge in [-0.2, -0.15) is 4.31 Å². The highest BCUT2D eigenvalue weighted by atomic mass is 79.9. The largest absolute Gasteiger partial charge is 0.383 e. The number of nitrogens with zero attached hydrogens (tertiary/aromatic N) is 1. The Hall–Kier alpha value is -0.0300. The molecule has 0 radical (unpaired) electrons. The average Bonchev–Trinajstić information content (AvgIpc) is 2.80. The van der Waals surface area contributed by atoms with Crippen molar-refractivity contribution in [3.63, 3.8) is 0 Å². The van der Waals surface area contributed by atoms with E-state index in [0.717, 1.165) is 4.88 Å². The van der Waals surface area contributed by atoms with Gasteiger partial charge in [0.2, 0.25) is 10.0 Å². The fraction of sp³-hybridized carbons (Fsp3) is 0.667. The van der Waals surface area contributed by atoms with Gasteiger partial charge in [-0.05, 0) is 29.0 Å². The molecule has 9 heteroatoms. The molecular formula is C12H21BrN2O4S2. The van der Waals surface area contributed by atoms with Gasteiger partial charge in [-0.15, -0.1) is 11.3 Å². The van der Waals surface area contributed by atoms with E-state index in [1.54, 1.807) is 20.3 Å². The first-order chi connectivity index (χ1) is 9.97. The van der Waals surface area contributed by atoms with Crippen molar-refractivity contribution in [2.75, 3.05) is 47.6 Å². The molecule has 1 heterocycles. The Morgan fingerprint density at radius 1 is 1.29 bits per heavy atom. The summed E-state index contributed by atoms with van der Waals surface area (Å²) in [6, 6.07) is 1.70. The van der Waals surface area contributed by atoms with E-state index >= 15 is 0 Å². The van der Waals surface area contributed by atoms with Crippen molar-refractivity contribution in [1.29, 1.82) is 0 Å². The number of rotatable bonds is 10. The maximum absolute atomic E-state index is 12.8. The van der Waals surface area contributed by atoms with E-state index < -0.39 is 10.0 Å². The van der Waals surface area contributed by atoms with Gasteiger partial charge in [-0.3, -0.25) is 0 Å². The lowest BCUT2D eigenvalue weighted by atomic mass is 10.5. The molecule has 0 saturated carbocycles. The van der Waals surface area contributed by atoms with Crippen molar-refractivity contribution in [1.82, 2.24) is 9.62 Å². The number of nitrogens with one attached hydrogen (secondary N) is 1. The Labute approximate surface area is 138 Å². The number of hydrogen-bond donors (Lipinski definition) is 1. The van der Waals surface area contributed by atoms with Crippen LogP contribution in [0.2, 0.25) is 0 Å². The minimum atomic E-state index is -3.56. The van der Waals surface area contributed by atoms with E-state index in [0.29, 0.717) is 41.5 Å². The van der Waals surface area contributed by atoms with Crippen LogP contribution in [0.15, 0.2) is 14.7 Å². The minimum Gasteiger partial charge on any atom is -0.383 e. The molecule has 6 nitrogen and oxygen atoms in total. The van der Waals surface area contributed by atoms with Crippen LogP contribution in [-0.2, 0) is 26.0 Å². The predicted molar refractivity (Wildman–Crippen MR) is 87.3 cm³/mol. The molecule has 21 heavy (non-hydrogen) atoms. The zero-order chi connectivity index (χ0) is 15.9. The van der Waals surface area contributed by atoms with Crippen LogP contribution < -0.4 is 5.32 Å². The van der Waals surface area contributed by atoms with Gasteiger partial charge in [-0.25, -0.2) is 8.42 Å². The quantitative estimate of drug-likeness (QED) is 0.644. The SMILES string of the molecule is CNCc1cc(S(=O)(=O)N(CCOC)CCOC)c(Br)s1. The molecule has 1 aromatic rings. The second-order valence-electron chi connectivity index (χ2n) is 4.27. The Morgan fingerprint density at radius 2 is 1.86 bits per heavy atom. The summed E-state index contributed by atoms with van der Waals surface area (Å²) in [7, 11) is 1.36. The fourth-order valence-corrected chi connectivity index (χ4v) is 5.76. The van der Waals surface area contributed by atoms with Crippen LogP contribution in [0.4, 0.5) is 0 Å². The van der Waals surface area contributed by atoms with Gasteiger partial charge in [0.05, 0.1) is 17.0 Å². The first kappa shape index (κ1) is 19.0. The van der Waals surface area contributed by atoms with Gasteiger partial charge in [-0.1, -0.05) is 0 Å². The fourth-order valence-electron chi connectivity index (χ4n) is 1.71. The van der Waals surface area contributed by atoms with Crippen LogP contribution >= 0.6 is 27.3 Å². The smallest absolute Gasteiger partial charge is 0.245 e. The second-order valence-corrected chi connectivity index (χ2v) is 8.63. The van der Waals surface area contributed by atoms with E-state index in [1.807, 2.05) is 7.05 Å². The van der Waals surface area contributed by atoms with E-state index in [2.05, 4.69) is 21.2 Å². The molecule has 1 aromatic heterocycles. The molecule has 0 aliphatic heterocycles. The monoisotopic (exact) mass is 400 g/mol. The number of ether oxygens (including phenoxy) is 2. The van der Waals surface area contributed by atoms with Gasteiger partial charge in [0.15, 0.2) is 0 Å². The molecule has 122 valence electrons. The molecule has 0 amide bonds. The summed E-state index contributed by atoms with van der Waals surface area (Å²) in [6.07, 6.45) is 0. The van der Waals surface area contributed by atoms with E-state index in [9.17, 15) is 8.42 Å². The van der Waals surface area contributed by atoms with Gasteiger partial charge < -0.3 is 14.8 Å². The lowest BCUT2D eigenvalue weighted by Crippen LogP contribution is -2.36. The van der Waals surface area contributed by atoms with Gasteiger partial charge in [0.25, 0.3) is 0 Å². The summed E-state index contributed by atoms with van der Waals surface area (Å²) in [6.45, 7) is 1.91. The molecule has 1 N–H and O–H groups in total. The number of sulfonamides is 1. The minimum absolute atomic E-state index is 0.296. The molecule has 0 aliphatic rings. The van der Waals surface area contributed by atoms with Crippen LogP contribution in [0.3, 0.4) is 0 Å². The third kappa shape index (κ3) is 5.27. The van der Waals surface area contributed by atoms with Gasteiger partial charge >= 0.3 is 0 Å². The Morgan fingerprint density at radius 3 is 2.33 bits per heavy atom. The molecule has 1 rings (SSSR count). The van der Waals surface area contributed by atoms with E-state index in [1.165, 1.54) is 15.6 Å². The molecule has 0 fully saturated rings. The lowest BCUT2D eigenvalue weighted by molar-refractivity contribution is 0.150. The zero-order valence-electron chi connectivity index (χ0n) is 12.4. The Kier molecular flexibility index (Phi) is 8.32. The molecule has 0 spiro atoms. The van der Waals surface area contributed by atoms with Crippen LogP contribution in [0.5, 0.6) is 0 Å². The highest BCUT2D eigenvalue weighted by Gasteiger charge is 2.28. The van der Waals surface area contributed by atoms with Crippen molar-refractivity contribution in [2.24, 2.45) is 0 Å². The molecule has 0 unspecified atom stereocenters. The number of thiophene rings is 1. The summed E-state index contributed by atoms with van der Waals surface area (Å²) in [5.74, 6) is 0. The van der Waals surface area contributed by atoms with Crippen molar-refractivity contribution in [2.45, 2.75) is 11.4 Å². The van der Waals surface area contributed by atoms with Gasteiger partial charge in [0, 0.05) is 38.7 Å². The van der Waals surface area contributed by atoms with Crippen molar-refractivity contribution in [3.05, 3.63) is 14.7 Å². The topological polar surface area (TPSA) is 67.9 Å². The molecule has 0 saturated heterocycles. The molecule has 0 aliphatic carbocycles. The summed E-state index contributed by atoms with van der Waals surface area (Å²) >= 11 is 4.77. The highest BCUT2D eigenvalue weighted by molar-refractivity contribution is 9.11. The maximum atomic E-state index is 12.8. The van der Waals surface area contributed by atoms with Crippen LogP contribution in [0, 0.1) is 0 Å². The molecule has 0 atom stereocenters. The normalized spacial score (nSPS) is 12.2. The first-order valence-corrected chi connectivity index (χ1v) is 9.43. The summed E-state index contributed by atoms with van der Waals surface area (Å²) in [5.41, 5.74) is 0. The highest BCUT2D eigenvalue weighted by Crippen LogP contribution is 2.33.